The maximum Gasteiger partial charge on any atom is 0.251 e. The smallest absolute Gasteiger partial charge is 0.251 e. The molecule has 1 atom stereocenters. The normalized spacial score (nSPS) is 12.0. The molecule has 0 aliphatic rings. The molecule has 118 valence electrons. The molecule has 0 heterocycles. The summed E-state index contributed by atoms with van der Waals surface area (Å²) < 4.78 is 37.4. The molecular weight excluding hydrogens is 282 g/mol. The van der Waals surface area contributed by atoms with Gasteiger partial charge in [-0.05, 0) is 19.1 Å². The highest BCUT2D eigenvalue weighted by Crippen LogP contribution is 2.20. The molecule has 0 bridgehead atoms. The molecular formula is C14H20F2N2O3. The number of nitrogens with one attached hydrogen (secondary N) is 2. The molecule has 0 aromatic heterocycles. The summed E-state index contributed by atoms with van der Waals surface area (Å²) in [5, 5.41) is 5.11. The van der Waals surface area contributed by atoms with Crippen LogP contribution < -0.4 is 10.6 Å². The Morgan fingerprint density at radius 3 is 2.38 bits per heavy atom. The number of anilines is 1. The Labute approximate surface area is 122 Å². The van der Waals surface area contributed by atoms with Crippen molar-refractivity contribution in [3.05, 3.63) is 29.3 Å². The summed E-state index contributed by atoms with van der Waals surface area (Å²) in [4.78, 5) is 11.9. The van der Waals surface area contributed by atoms with Gasteiger partial charge in [-0.15, -0.1) is 0 Å². The Morgan fingerprint density at radius 2 is 1.90 bits per heavy atom. The van der Waals surface area contributed by atoms with E-state index in [-0.39, 0.29) is 23.9 Å². The van der Waals surface area contributed by atoms with E-state index in [9.17, 15) is 13.6 Å². The highest BCUT2D eigenvalue weighted by molar-refractivity contribution is 5.94. The summed E-state index contributed by atoms with van der Waals surface area (Å²) in [7, 11) is 3.00. The minimum atomic E-state index is -0.804. The van der Waals surface area contributed by atoms with Crippen molar-refractivity contribution in [2.75, 3.05) is 39.2 Å². The van der Waals surface area contributed by atoms with E-state index in [1.165, 1.54) is 14.2 Å². The van der Waals surface area contributed by atoms with Crippen LogP contribution in [0.3, 0.4) is 0 Å². The lowest BCUT2D eigenvalue weighted by Gasteiger charge is -2.15. The van der Waals surface area contributed by atoms with E-state index in [2.05, 4.69) is 10.6 Å². The first kappa shape index (κ1) is 17.3. The summed E-state index contributed by atoms with van der Waals surface area (Å²) in [6.45, 7) is 2.59. The van der Waals surface area contributed by atoms with Gasteiger partial charge in [0.1, 0.15) is 17.3 Å². The Kier molecular flexibility index (Phi) is 7.04. The molecule has 0 fully saturated rings. The van der Waals surface area contributed by atoms with Crippen LogP contribution in [0.4, 0.5) is 14.5 Å². The Balaban J connectivity index is 2.74. The average molecular weight is 302 g/mol. The van der Waals surface area contributed by atoms with E-state index >= 15 is 0 Å². The molecule has 5 nitrogen and oxygen atoms in total. The van der Waals surface area contributed by atoms with Crippen LogP contribution in [0.1, 0.15) is 17.3 Å². The summed E-state index contributed by atoms with van der Waals surface area (Å²) in [6, 6.07) is 1.99. The number of rotatable bonds is 8. The summed E-state index contributed by atoms with van der Waals surface area (Å²) in [5.74, 6) is -2.18. The first-order valence-corrected chi connectivity index (χ1v) is 6.56. The number of amides is 1. The highest BCUT2D eigenvalue weighted by Gasteiger charge is 2.16. The van der Waals surface area contributed by atoms with Crippen molar-refractivity contribution >= 4 is 11.6 Å². The quantitative estimate of drug-likeness (QED) is 0.768. The highest BCUT2D eigenvalue weighted by atomic mass is 19.1. The first-order chi connectivity index (χ1) is 10.0. The Hall–Kier alpha value is -1.73. The molecule has 0 saturated carbocycles. The molecule has 0 saturated heterocycles. The van der Waals surface area contributed by atoms with Crippen LogP contribution in [0.25, 0.3) is 0 Å². The summed E-state index contributed by atoms with van der Waals surface area (Å²) in [6.07, 6.45) is -0.324. The van der Waals surface area contributed by atoms with E-state index in [0.29, 0.717) is 13.2 Å². The fraction of sp³-hybridized carbons (Fsp3) is 0.500. The zero-order chi connectivity index (χ0) is 15.8. The lowest BCUT2D eigenvalue weighted by molar-refractivity contribution is 0.0285. The van der Waals surface area contributed by atoms with Crippen LogP contribution in [-0.4, -0.2) is 45.9 Å². The van der Waals surface area contributed by atoms with E-state index in [4.69, 9.17) is 9.47 Å². The van der Waals surface area contributed by atoms with Crippen molar-refractivity contribution in [3.63, 3.8) is 0 Å². The van der Waals surface area contributed by atoms with E-state index in [1.807, 2.05) is 0 Å². The molecule has 1 amide bonds. The van der Waals surface area contributed by atoms with Gasteiger partial charge in [-0.25, -0.2) is 8.78 Å². The van der Waals surface area contributed by atoms with Crippen LogP contribution in [0, 0.1) is 11.6 Å². The monoisotopic (exact) mass is 302 g/mol. The number of methoxy groups -OCH3 is 2. The molecule has 2 N–H and O–H groups in total. The molecule has 7 heteroatoms. The molecule has 0 radical (unpaired) electrons. The number of carbonyl (C=O) groups is 1. The zero-order valence-corrected chi connectivity index (χ0v) is 12.3. The standard InChI is InChI=1S/C14H20F2N2O3/c1-4-17-13-11(15)5-9(6-12(13)16)14(19)18-7-10(21-3)8-20-2/h5-6,10,17H,4,7-8H2,1-3H3,(H,18,19). The molecule has 0 spiro atoms. The van der Waals surface area contributed by atoms with Crippen LogP contribution in [0.5, 0.6) is 0 Å². The summed E-state index contributed by atoms with van der Waals surface area (Å²) in [5.41, 5.74) is -0.317. The molecule has 1 aromatic rings. The van der Waals surface area contributed by atoms with Gasteiger partial charge in [0.15, 0.2) is 0 Å². The number of hydrogen-bond donors (Lipinski definition) is 2. The van der Waals surface area contributed by atoms with E-state index < -0.39 is 17.5 Å². The molecule has 21 heavy (non-hydrogen) atoms. The van der Waals surface area contributed by atoms with Gasteiger partial charge in [-0.1, -0.05) is 0 Å². The fourth-order valence-electron chi connectivity index (χ4n) is 1.75. The molecule has 1 rings (SSSR count). The molecule has 1 unspecified atom stereocenters. The predicted molar refractivity (Wildman–Crippen MR) is 75.5 cm³/mol. The van der Waals surface area contributed by atoms with Gasteiger partial charge in [0.2, 0.25) is 0 Å². The molecule has 1 aromatic carbocycles. The van der Waals surface area contributed by atoms with Gasteiger partial charge in [-0.2, -0.15) is 0 Å². The van der Waals surface area contributed by atoms with Gasteiger partial charge in [-0.3, -0.25) is 4.79 Å². The lowest BCUT2D eigenvalue weighted by atomic mass is 10.1. The van der Waals surface area contributed by atoms with Crippen LogP contribution in [0.15, 0.2) is 12.1 Å². The van der Waals surface area contributed by atoms with Crippen molar-refractivity contribution in [3.8, 4) is 0 Å². The number of benzene rings is 1. The number of hydrogen-bond acceptors (Lipinski definition) is 4. The third kappa shape index (κ3) is 4.95. The Morgan fingerprint density at radius 1 is 1.29 bits per heavy atom. The van der Waals surface area contributed by atoms with Gasteiger partial charge in [0, 0.05) is 32.9 Å². The molecule has 0 aliphatic carbocycles. The Bertz CT molecular complexity index is 460. The average Bonchev–Trinajstić information content (AvgIpc) is 2.46. The fourth-order valence-corrected chi connectivity index (χ4v) is 1.75. The number of ether oxygens (including phenoxy) is 2. The minimum absolute atomic E-state index is 0.0843. The van der Waals surface area contributed by atoms with Crippen molar-refractivity contribution in [1.29, 1.82) is 0 Å². The SMILES string of the molecule is CCNc1c(F)cc(C(=O)NCC(COC)OC)cc1F. The number of carbonyl (C=O) groups excluding carboxylic acids is 1. The van der Waals surface area contributed by atoms with Crippen molar-refractivity contribution in [2.45, 2.75) is 13.0 Å². The van der Waals surface area contributed by atoms with Gasteiger partial charge in [0.25, 0.3) is 5.91 Å². The number of halogens is 2. The topological polar surface area (TPSA) is 59.6 Å². The predicted octanol–water partition coefficient (Wildman–Crippen LogP) is 1.79. The minimum Gasteiger partial charge on any atom is -0.382 e. The van der Waals surface area contributed by atoms with Gasteiger partial charge < -0.3 is 20.1 Å². The second-order valence-corrected chi connectivity index (χ2v) is 4.37. The van der Waals surface area contributed by atoms with Gasteiger partial charge in [0.05, 0.1) is 12.7 Å². The van der Waals surface area contributed by atoms with Crippen LogP contribution in [-0.2, 0) is 9.47 Å². The second-order valence-electron chi connectivity index (χ2n) is 4.37. The van der Waals surface area contributed by atoms with Crippen molar-refractivity contribution in [2.24, 2.45) is 0 Å². The molecule has 0 aliphatic heterocycles. The third-order valence-corrected chi connectivity index (χ3v) is 2.83. The van der Waals surface area contributed by atoms with Crippen LogP contribution >= 0.6 is 0 Å². The van der Waals surface area contributed by atoms with E-state index in [1.54, 1.807) is 6.92 Å². The first-order valence-electron chi connectivity index (χ1n) is 6.56. The zero-order valence-electron chi connectivity index (χ0n) is 12.3. The van der Waals surface area contributed by atoms with Crippen molar-refractivity contribution in [1.82, 2.24) is 5.32 Å². The maximum atomic E-state index is 13.7. The lowest BCUT2D eigenvalue weighted by Crippen LogP contribution is -2.35. The van der Waals surface area contributed by atoms with Crippen LogP contribution in [0.2, 0.25) is 0 Å². The maximum absolute atomic E-state index is 13.7. The van der Waals surface area contributed by atoms with Crippen molar-refractivity contribution < 1.29 is 23.0 Å². The van der Waals surface area contributed by atoms with E-state index in [0.717, 1.165) is 12.1 Å². The largest absolute Gasteiger partial charge is 0.382 e. The third-order valence-electron chi connectivity index (χ3n) is 2.83. The summed E-state index contributed by atoms with van der Waals surface area (Å²) >= 11 is 0. The van der Waals surface area contributed by atoms with Gasteiger partial charge >= 0.3 is 0 Å². The second kappa shape index (κ2) is 8.53.